The lowest BCUT2D eigenvalue weighted by molar-refractivity contribution is 0.330. The van der Waals surface area contributed by atoms with Crippen LogP contribution in [0.5, 0.6) is 0 Å². The number of hydrogen-bond donors (Lipinski definition) is 1. The predicted octanol–water partition coefficient (Wildman–Crippen LogP) is 3.04. The highest BCUT2D eigenvalue weighted by Crippen LogP contribution is 2.25. The molecule has 1 heterocycles. The quantitative estimate of drug-likeness (QED) is 0.778. The molecule has 3 heteroatoms. The first-order valence-corrected chi connectivity index (χ1v) is 6.46. The third-order valence-corrected chi connectivity index (χ3v) is 3.40. The van der Waals surface area contributed by atoms with Gasteiger partial charge in [0.2, 0.25) is 5.89 Å². The molecule has 1 N–H and O–H groups in total. The summed E-state index contributed by atoms with van der Waals surface area (Å²) in [6.45, 7) is 3.78. The van der Waals surface area contributed by atoms with E-state index in [1.54, 1.807) is 6.20 Å². The van der Waals surface area contributed by atoms with E-state index >= 15 is 0 Å². The van der Waals surface area contributed by atoms with Crippen LogP contribution >= 0.6 is 0 Å². The highest BCUT2D eigenvalue weighted by molar-refractivity contribution is 4.90. The Morgan fingerprint density at radius 3 is 2.88 bits per heavy atom. The third kappa shape index (κ3) is 3.63. The van der Waals surface area contributed by atoms with E-state index in [-0.39, 0.29) is 0 Å². The van der Waals surface area contributed by atoms with Gasteiger partial charge in [-0.1, -0.05) is 32.1 Å². The standard InChI is InChI=1S/C13H22N2O/c1-11-9-15-13(16-11)10-14-8-7-12-5-3-2-4-6-12/h9,12,14H,2-8,10H2,1H3. The second-order valence-corrected chi connectivity index (χ2v) is 4.83. The van der Waals surface area contributed by atoms with Gasteiger partial charge in [-0.3, -0.25) is 0 Å². The minimum Gasteiger partial charge on any atom is -0.445 e. The maximum atomic E-state index is 5.40. The predicted molar refractivity (Wildman–Crippen MR) is 64.1 cm³/mol. The van der Waals surface area contributed by atoms with Gasteiger partial charge >= 0.3 is 0 Å². The Bertz CT molecular complexity index is 303. The van der Waals surface area contributed by atoms with E-state index in [0.717, 1.165) is 30.7 Å². The van der Waals surface area contributed by atoms with Crippen molar-refractivity contribution in [3.05, 3.63) is 17.8 Å². The molecule has 90 valence electrons. The van der Waals surface area contributed by atoms with E-state index in [4.69, 9.17) is 4.42 Å². The first-order valence-electron chi connectivity index (χ1n) is 6.46. The summed E-state index contributed by atoms with van der Waals surface area (Å²) in [5.74, 6) is 2.65. The zero-order valence-corrected chi connectivity index (χ0v) is 10.2. The summed E-state index contributed by atoms with van der Waals surface area (Å²) in [6, 6.07) is 0. The van der Waals surface area contributed by atoms with Gasteiger partial charge in [0.05, 0.1) is 12.7 Å². The van der Waals surface area contributed by atoms with Crippen molar-refractivity contribution in [2.75, 3.05) is 6.54 Å². The van der Waals surface area contributed by atoms with Crippen LogP contribution in [-0.2, 0) is 6.54 Å². The summed E-state index contributed by atoms with van der Waals surface area (Å²) in [6.07, 6.45) is 10.3. The van der Waals surface area contributed by atoms with Gasteiger partial charge in [0, 0.05) is 0 Å². The molecule has 0 aromatic carbocycles. The second kappa shape index (κ2) is 6.04. The number of aryl methyl sites for hydroxylation is 1. The summed E-state index contributed by atoms with van der Waals surface area (Å²) in [5.41, 5.74) is 0. The molecule has 1 aromatic heterocycles. The largest absolute Gasteiger partial charge is 0.445 e. The number of nitrogens with zero attached hydrogens (tertiary/aromatic N) is 1. The van der Waals surface area contributed by atoms with Crippen molar-refractivity contribution < 1.29 is 4.42 Å². The first kappa shape index (κ1) is 11.6. The number of nitrogens with one attached hydrogen (secondary N) is 1. The molecule has 1 aliphatic carbocycles. The SMILES string of the molecule is Cc1cnc(CNCCC2CCCCC2)o1. The van der Waals surface area contributed by atoms with Crippen molar-refractivity contribution >= 4 is 0 Å². The maximum absolute atomic E-state index is 5.40. The Balaban J connectivity index is 1.57. The lowest BCUT2D eigenvalue weighted by Crippen LogP contribution is -2.19. The molecular formula is C13H22N2O. The Morgan fingerprint density at radius 2 is 2.19 bits per heavy atom. The molecule has 0 atom stereocenters. The van der Waals surface area contributed by atoms with Crippen molar-refractivity contribution in [3.63, 3.8) is 0 Å². The molecule has 0 spiro atoms. The zero-order valence-electron chi connectivity index (χ0n) is 10.2. The average molecular weight is 222 g/mol. The second-order valence-electron chi connectivity index (χ2n) is 4.83. The van der Waals surface area contributed by atoms with Gasteiger partial charge < -0.3 is 9.73 Å². The Kier molecular flexibility index (Phi) is 4.40. The molecule has 2 rings (SSSR count). The number of hydrogen-bond acceptors (Lipinski definition) is 3. The van der Waals surface area contributed by atoms with Crippen molar-refractivity contribution in [1.82, 2.24) is 10.3 Å². The van der Waals surface area contributed by atoms with Crippen molar-refractivity contribution in [2.45, 2.75) is 52.0 Å². The molecular weight excluding hydrogens is 200 g/mol. The van der Waals surface area contributed by atoms with Gasteiger partial charge in [0.15, 0.2) is 0 Å². The average Bonchev–Trinajstić information content (AvgIpc) is 2.72. The Hall–Kier alpha value is -0.830. The van der Waals surface area contributed by atoms with Crippen molar-refractivity contribution in [3.8, 4) is 0 Å². The number of aromatic nitrogens is 1. The molecule has 1 aromatic rings. The smallest absolute Gasteiger partial charge is 0.208 e. The minimum absolute atomic E-state index is 0.764. The van der Waals surface area contributed by atoms with Crippen molar-refractivity contribution in [2.24, 2.45) is 5.92 Å². The lowest BCUT2D eigenvalue weighted by atomic mass is 9.87. The molecule has 1 fully saturated rings. The number of oxazole rings is 1. The molecule has 0 aliphatic heterocycles. The van der Waals surface area contributed by atoms with Crippen LogP contribution in [0, 0.1) is 12.8 Å². The fraction of sp³-hybridized carbons (Fsp3) is 0.769. The zero-order chi connectivity index (χ0) is 11.2. The summed E-state index contributed by atoms with van der Waals surface area (Å²) >= 11 is 0. The maximum Gasteiger partial charge on any atom is 0.208 e. The monoisotopic (exact) mass is 222 g/mol. The van der Waals surface area contributed by atoms with Crippen LogP contribution in [0.4, 0.5) is 0 Å². The molecule has 0 unspecified atom stereocenters. The third-order valence-electron chi connectivity index (χ3n) is 3.40. The molecule has 1 saturated carbocycles. The topological polar surface area (TPSA) is 38.1 Å². The van der Waals surface area contributed by atoms with Gasteiger partial charge in [0.25, 0.3) is 0 Å². The van der Waals surface area contributed by atoms with Crippen LogP contribution in [0.2, 0.25) is 0 Å². The van der Waals surface area contributed by atoms with E-state index in [1.165, 1.54) is 38.5 Å². The Morgan fingerprint density at radius 1 is 1.38 bits per heavy atom. The normalized spacial score (nSPS) is 17.8. The summed E-state index contributed by atoms with van der Waals surface area (Å²) in [5, 5.41) is 3.41. The summed E-state index contributed by atoms with van der Waals surface area (Å²) in [4.78, 5) is 4.17. The van der Waals surface area contributed by atoms with Crippen LogP contribution in [0.25, 0.3) is 0 Å². The summed E-state index contributed by atoms with van der Waals surface area (Å²) < 4.78 is 5.40. The first-order chi connectivity index (χ1) is 7.84. The van der Waals surface area contributed by atoms with Gasteiger partial charge in [-0.05, 0) is 25.8 Å². The van der Waals surface area contributed by atoms with Crippen LogP contribution in [0.15, 0.2) is 10.6 Å². The van der Waals surface area contributed by atoms with Crippen LogP contribution in [-0.4, -0.2) is 11.5 Å². The molecule has 0 saturated heterocycles. The van der Waals surface area contributed by atoms with E-state index in [9.17, 15) is 0 Å². The van der Waals surface area contributed by atoms with Crippen LogP contribution in [0.1, 0.15) is 50.2 Å². The number of rotatable bonds is 5. The summed E-state index contributed by atoms with van der Waals surface area (Å²) in [7, 11) is 0. The van der Waals surface area contributed by atoms with E-state index in [0.29, 0.717) is 0 Å². The highest BCUT2D eigenvalue weighted by Gasteiger charge is 2.12. The van der Waals surface area contributed by atoms with E-state index in [2.05, 4.69) is 10.3 Å². The molecule has 16 heavy (non-hydrogen) atoms. The van der Waals surface area contributed by atoms with Gasteiger partial charge in [0.1, 0.15) is 5.76 Å². The van der Waals surface area contributed by atoms with E-state index in [1.807, 2.05) is 6.92 Å². The lowest BCUT2D eigenvalue weighted by Gasteiger charge is -2.21. The molecule has 0 amide bonds. The van der Waals surface area contributed by atoms with Gasteiger partial charge in [-0.25, -0.2) is 4.98 Å². The fourth-order valence-electron chi connectivity index (χ4n) is 2.46. The molecule has 0 radical (unpaired) electrons. The minimum atomic E-state index is 0.764. The molecule has 1 aliphatic rings. The van der Waals surface area contributed by atoms with Gasteiger partial charge in [-0.15, -0.1) is 0 Å². The van der Waals surface area contributed by atoms with Gasteiger partial charge in [-0.2, -0.15) is 0 Å². The van der Waals surface area contributed by atoms with Crippen LogP contribution < -0.4 is 5.32 Å². The fourth-order valence-corrected chi connectivity index (χ4v) is 2.46. The van der Waals surface area contributed by atoms with Crippen LogP contribution in [0.3, 0.4) is 0 Å². The molecule has 0 bridgehead atoms. The van der Waals surface area contributed by atoms with Crippen molar-refractivity contribution in [1.29, 1.82) is 0 Å². The molecule has 3 nitrogen and oxygen atoms in total. The Labute approximate surface area is 97.6 Å². The highest BCUT2D eigenvalue weighted by atomic mass is 16.4. The van der Waals surface area contributed by atoms with E-state index < -0.39 is 0 Å².